The number of carbonyl (C=O) groups excluding carboxylic acids is 1. The van der Waals surface area contributed by atoms with E-state index in [-0.39, 0.29) is 11.9 Å². The average molecular weight is 304 g/mol. The highest BCUT2D eigenvalue weighted by Crippen LogP contribution is 2.25. The van der Waals surface area contributed by atoms with Crippen molar-refractivity contribution in [3.8, 4) is 5.75 Å². The van der Waals surface area contributed by atoms with E-state index in [9.17, 15) is 4.79 Å². The van der Waals surface area contributed by atoms with Gasteiger partial charge in [0.05, 0.1) is 23.7 Å². The normalized spacial score (nSPS) is 11.8. The van der Waals surface area contributed by atoms with Crippen molar-refractivity contribution in [3.63, 3.8) is 0 Å². The fourth-order valence-electron chi connectivity index (χ4n) is 2.18. The second-order valence-electron chi connectivity index (χ2n) is 4.92. The van der Waals surface area contributed by atoms with Gasteiger partial charge in [0.1, 0.15) is 5.75 Å². The lowest BCUT2D eigenvalue weighted by molar-refractivity contribution is 0.0939. The summed E-state index contributed by atoms with van der Waals surface area (Å²) in [5.41, 5.74) is 2.43. The first-order chi connectivity index (χ1) is 10.0. The molecular weight excluding hydrogens is 286 g/mol. The molecule has 1 amide bonds. The van der Waals surface area contributed by atoms with E-state index in [1.165, 1.54) is 0 Å². The van der Waals surface area contributed by atoms with Crippen LogP contribution in [0.5, 0.6) is 5.75 Å². The van der Waals surface area contributed by atoms with Crippen molar-refractivity contribution in [2.75, 3.05) is 7.11 Å². The van der Waals surface area contributed by atoms with E-state index in [1.54, 1.807) is 19.2 Å². The largest absolute Gasteiger partial charge is 0.496 e. The van der Waals surface area contributed by atoms with Gasteiger partial charge in [-0.05, 0) is 37.6 Å². The molecule has 0 aliphatic heterocycles. The number of ether oxygens (including phenoxy) is 1. The third-order valence-corrected chi connectivity index (χ3v) is 3.63. The Labute approximate surface area is 129 Å². The summed E-state index contributed by atoms with van der Waals surface area (Å²) in [6.45, 7) is 3.85. The van der Waals surface area contributed by atoms with Crippen LogP contribution in [0.1, 0.15) is 34.5 Å². The molecule has 0 heterocycles. The molecule has 0 radical (unpaired) electrons. The molecule has 0 spiro atoms. The quantitative estimate of drug-likeness (QED) is 0.921. The van der Waals surface area contributed by atoms with Crippen LogP contribution in [-0.4, -0.2) is 13.0 Å². The molecule has 0 saturated carbocycles. The molecule has 2 rings (SSSR count). The molecule has 3 nitrogen and oxygen atoms in total. The molecule has 2 aromatic carbocycles. The number of benzene rings is 2. The number of amides is 1. The van der Waals surface area contributed by atoms with Crippen molar-refractivity contribution < 1.29 is 9.53 Å². The van der Waals surface area contributed by atoms with Crippen LogP contribution in [0.4, 0.5) is 0 Å². The number of aryl methyl sites for hydroxylation is 1. The Balaban J connectivity index is 2.19. The van der Waals surface area contributed by atoms with E-state index in [0.717, 1.165) is 16.9 Å². The molecule has 0 bridgehead atoms. The molecule has 0 aromatic heterocycles. The minimum atomic E-state index is -0.196. The maximum absolute atomic E-state index is 12.3. The van der Waals surface area contributed by atoms with Crippen LogP contribution in [0, 0.1) is 6.92 Å². The van der Waals surface area contributed by atoms with E-state index >= 15 is 0 Å². The minimum absolute atomic E-state index is 0.175. The van der Waals surface area contributed by atoms with Crippen molar-refractivity contribution in [1.82, 2.24) is 5.32 Å². The van der Waals surface area contributed by atoms with Gasteiger partial charge in [-0.3, -0.25) is 4.79 Å². The highest BCUT2D eigenvalue weighted by atomic mass is 35.5. The van der Waals surface area contributed by atoms with E-state index in [4.69, 9.17) is 16.3 Å². The molecule has 4 heteroatoms. The van der Waals surface area contributed by atoms with Crippen molar-refractivity contribution in [3.05, 3.63) is 64.2 Å². The Morgan fingerprint density at radius 2 is 1.95 bits per heavy atom. The van der Waals surface area contributed by atoms with Crippen LogP contribution < -0.4 is 10.1 Å². The van der Waals surface area contributed by atoms with Crippen LogP contribution in [-0.2, 0) is 0 Å². The molecule has 0 aliphatic carbocycles. The zero-order valence-corrected chi connectivity index (χ0v) is 13.1. The van der Waals surface area contributed by atoms with Gasteiger partial charge in [-0.1, -0.05) is 35.9 Å². The molecule has 1 N–H and O–H groups in total. The minimum Gasteiger partial charge on any atom is -0.496 e. The van der Waals surface area contributed by atoms with Gasteiger partial charge in [0.2, 0.25) is 0 Å². The fourth-order valence-corrected chi connectivity index (χ4v) is 2.50. The molecular formula is C17H18ClNO2. The second-order valence-corrected chi connectivity index (χ2v) is 5.33. The number of para-hydroxylation sites is 1. The van der Waals surface area contributed by atoms with Crippen LogP contribution in [0.3, 0.4) is 0 Å². The van der Waals surface area contributed by atoms with Crippen molar-refractivity contribution in [2.24, 2.45) is 0 Å². The molecule has 21 heavy (non-hydrogen) atoms. The van der Waals surface area contributed by atoms with Crippen molar-refractivity contribution >= 4 is 17.5 Å². The van der Waals surface area contributed by atoms with Gasteiger partial charge in [0.15, 0.2) is 0 Å². The number of carbonyl (C=O) groups is 1. The van der Waals surface area contributed by atoms with Gasteiger partial charge >= 0.3 is 0 Å². The lowest BCUT2D eigenvalue weighted by Crippen LogP contribution is -2.27. The summed E-state index contributed by atoms with van der Waals surface area (Å²) in [5, 5.41) is 3.40. The average Bonchev–Trinajstić information content (AvgIpc) is 2.46. The lowest BCUT2D eigenvalue weighted by Gasteiger charge is -2.17. The Morgan fingerprint density at radius 3 is 2.62 bits per heavy atom. The van der Waals surface area contributed by atoms with E-state index < -0.39 is 0 Å². The van der Waals surface area contributed by atoms with E-state index in [0.29, 0.717) is 10.6 Å². The van der Waals surface area contributed by atoms with Gasteiger partial charge in [0, 0.05) is 5.56 Å². The monoisotopic (exact) mass is 303 g/mol. The van der Waals surface area contributed by atoms with Crippen LogP contribution in [0.2, 0.25) is 5.02 Å². The highest BCUT2D eigenvalue weighted by Gasteiger charge is 2.16. The number of rotatable bonds is 4. The van der Waals surface area contributed by atoms with Crippen LogP contribution in [0.25, 0.3) is 0 Å². The lowest BCUT2D eigenvalue weighted by atomic mass is 10.1. The first-order valence-corrected chi connectivity index (χ1v) is 7.10. The Kier molecular flexibility index (Phi) is 4.86. The summed E-state index contributed by atoms with van der Waals surface area (Å²) >= 11 is 6.13. The Hall–Kier alpha value is -2.00. The third-order valence-electron chi connectivity index (χ3n) is 3.32. The van der Waals surface area contributed by atoms with Crippen LogP contribution in [0.15, 0.2) is 42.5 Å². The predicted molar refractivity (Wildman–Crippen MR) is 85.1 cm³/mol. The van der Waals surface area contributed by atoms with Gasteiger partial charge in [-0.15, -0.1) is 0 Å². The SMILES string of the molecule is COc1ccccc1[C@H](C)NC(=O)c1ccc(C)cc1Cl. The molecule has 1 atom stereocenters. The maximum atomic E-state index is 12.3. The van der Waals surface area contributed by atoms with Gasteiger partial charge in [-0.2, -0.15) is 0 Å². The number of hydrogen-bond acceptors (Lipinski definition) is 2. The first kappa shape index (κ1) is 15.4. The molecule has 0 saturated heterocycles. The molecule has 0 fully saturated rings. The number of methoxy groups -OCH3 is 1. The van der Waals surface area contributed by atoms with Gasteiger partial charge in [-0.25, -0.2) is 0 Å². The molecule has 0 aliphatic rings. The summed E-state index contributed by atoms with van der Waals surface area (Å²) in [4.78, 5) is 12.3. The topological polar surface area (TPSA) is 38.3 Å². The third kappa shape index (κ3) is 3.56. The molecule has 0 unspecified atom stereocenters. The van der Waals surface area contributed by atoms with Gasteiger partial charge < -0.3 is 10.1 Å². The zero-order valence-electron chi connectivity index (χ0n) is 12.3. The Bertz CT molecular complexity index is 655. The number of halogens is 1. The smallest absolute Gasteiger partial charge is 0.253 e. The molecule has 2 aromatic rings. The van der Waals surface area contributed by atoms with Crippen LogP contribution >= 0.6 is 11.6 Å². The highest BCUT2D eigenvalue weighted by molar-refractivity contribution is 6.33. The predicted octanol–water partition coefficient (Wildman–Crippen LogP) is 4.15. The summed E-state index contributed by atoms with van der Waals surface area (Å²) in [6, 6.07) is 12.8. The number of hydrogen-bond donors (Lipinski definition) is 1. The first-order valence-electron chi connectivity index (χ1n) is 6.73. The number of nitrogens with one attached hydrogen (secondary N) is 1. The molecule has 110 valence electrons. The zero-order chi connectivity index (χ0) is 15.4. The van der Waals surface area contributed by atoms with Crippen molar-refractivity contribution in [2.45, 2.75) is 19.9 Å². The van der Waals surface area contributed by atoms with E-state index in [2.05, 4.69) is 5.32 Å². The van der Waals surface area contributed by atoms with E-state index in [1.807, 2.05) is 44.2 Å². The summed E-state index contributed by atoms with van der Waals surface area (Å²) in [7, 11) is 1.62. The maximum Gasteiger partial charge on any atom is 0.253 e. The van der Waals surface area contributed by atoms with Gasteiger partial charge in [0.25, 0.3) is 5.91 Å². The summed E-state index contributed by atoms with van der Waals surface area (Å²) in [5.74, 6) is 0.554. The standard InChI is InChI=1S/C17H18ClNO2/c1-11-8-9-14(15(18)10-11)17(20)19-12(2)13-6-4-5-7-16(13)21-3/h4-10,12H,1-3H3,(H,19,20)/t12-/m0/s1. The summed E-state index contributed by atoms with van der Waals surface area (Å²) < 4.78 is 5.32. The fraction of sp³-hybridized carbons (Fsp3) is 0.235. The van der Waals surface area contributed by atoms with Crippen molar-refractivity contribution in [1.29, 1.82) is 0 Å². The second kappa shape index (κ2) is 6.64. The Morgan fingerprint density at radius 1 is 1.24 bits per heavy atom. The summed E-state index contributed by atoms with van der Waals surface area (Å²) in [6.07, 6.45) is 0.